The van der Waals surface area contributed by atoms with E-state index < -0.39 is 6.10 Å². The Morgan fingerprint density at radius 1 is 1.16 bits per heavy atom. The minimum absolute atomic E-state index is 0.0889. The van der Waals surface area contributed by atoms with Crippen LogP contribution in [0.25, 0.3) is 0 Å². The number of ether oxygens (including phenoxy) is 3. The summed E-state index contributed by atoms with van der Waals surface area (Å²) >= 11 is 0. The Kier molecular flexibility index (Phi) is 8.74. The zero-order valence-electron chi connectivity index (χ0n) is 18.8. The van der Waals surface area contributed by atoms with Crippen molar-refractivity contribution >= 4 is 5.91 Å². The Morgan fingerprint density at radius 3 is 2.71 bits per heavy atom. The van der Waals surface area contributed by atoms with E-state index in [-0.39, 0.29) is 5.91 Å². The first-order valence-corrected chi connectivity index (χ1v) is 11.0. The fourth-order valence-corrected chi connectivity index (χ4v) is 3.50. The molecule has 2 aromatic carbocycles. The molecule has 0 aliphatic carbocycles. The molecule has 1 atom stereocenters. The molecule has 3 rings (SSSR count). The summed E-state index contributed by atoms with van der Waals surface area (Å²) in [6.07, 6.45) is 0.530. The lowest BCUT2D eigenvalue weighted by molar-refractivity contribution is -0.139. The van der Waals surface area contributed by atoms with Crippen LogP contribution in [0.15, 0.2) is 48.5 Å². The molecule has 1 amide bonds. The lowest BCUT2D eigenvalue weighted by atomic mass is 10.1. The number of hydrogen-bond acceptors (Lipinski definition) is 5. The average molecular weight is 427 g/mol. The van der Waals surface area contributed by atoms with Gasteiger partial charge in [0.15, 0.2) is 11.5 Å². The number of amides is 1. The van der Waals surface area contributed by atoms with Gasteiger partial charge in [0.05, 0.1) is 20.3 Å². The molecule has 1 fully saturated rings. The molecule has 0 radical (unpaired) electrons. The van der Waals surface area contributed by atoms with Crippen molar-refractivity contribution in [3.63, 3.8) is 0 Å². The molecular formula is C25H34N2O4. The molecule has 1 aliphatic heterocycles. The van der Waals surface area contributed by atoms with E-state index in [9.17, 15) is 4.79 Å². The maximum atomic E-state index is 12.7. The molecule has 6 heteroatoms. The third-order valence-corrected chi connectivity index (χ3v) is 5.34. The van der Waals surface area contributed by atoms with Crippen LogP contribution in [0.1, 0.15) is 31.4 Å². The Balaban J connectivity index is 1.50. The maximum Gasteiger partial charge on any atom is 0.250 e. The van der Waals surface area contributed by atoms with E-state index in [4.69, 9.17) is 14.2 Å². The summed E-state index contributed by atoms with van der Waals surface area (Å²) < 4.78 is 17.0. The van der Waals surface area contributed by atoms with E-state index in [0.717, 1.165) is 30.8 Å². The highest BCUT2D eigenvalue weighted by molar-refractivity contribution is 5.81. The normalized spacial score (nSPS) is 16.8. The van der Waals surface area contributed by atoms with Crippen LogP contribution in [0.3, 0.4) is 0 Å². The third kappa shape index (κ3) is 7.26. The Labute approximate surface area is 185 Å². The molecule has 2 aromatic rings. The molecule has 0 aromatic heterocycles. The molecule has 0 bridgehead atoms. The van der Waals surface area contributed by atoms with E-state index in [0.29, 0.717) is 38.0 Å². The van der Waals surface area contributed by atoms with Crippen LogP contribution in [-0.2, 0) is 22.6 Å². The minimum Gasteiger partial charge on any atom is -0.493 e. The predicted octanol–water partition coefficient (Wildman–Crippen LogP) is 3.64. The minimum atomic E-state index is -0.460. The lowest BCUT2D eigenvalue weighted by Gasteiger charge is -2.32. The first-order valence-electron chi connectivity index (χ1n) is 11.0. The van der Waals surface area contributed by atoms with Crippen molar-refractivity contribution in [3.8, 4) is 11.5 Å². The van der Waals surface area contributed by atoms with Gasteiger partial charge in [0, 0.05) is 26.2 Å². The predicted molar refractivity (Wildman–Crippen MR) is 121 cm³/mol. The number of carbonyl (C=O) groups is 1. The van der Waals surface area contributed by atoms with Crippen LogP contribution in [0, 0.1) is 5.92 Å². The number of methoxy groups -OCH3 is 1. The first-order chi connectivity index (χ1) is 15.0. The summed E-state index contributed by atoms with van der Waals surface area (Å²) in [5.74, 6) is 1.91. The largest absolute Gasteiger partial charge is 0.493 e. The van der Waals surface area contributed by atoms with Gasteiger partial charge in [-0.05, 0) is 35.6 Å². The molecule has 31 heavy (non-hydrogen) atoms. The van der Waals surface area contributed by atoms with Gasteiger partial charge in [0.25, 0.3) is 5.91 Å². The molecule has 0 spiro atoms. The van der Waals surface area contributed by atoms with Crippen molar-refractivity contribution in [2.45, 2.75) is 39.5 Å². The monoisotopic (exact) mass is 426 g/mol. The average Bonchev–Trinajstić information content (AvgIpc) is 2.78. The molecule has 1 N–H and O–H groups in total. The fraction of sp³-hybridized carbons (Fsp3) is 0.480. The zero-order chi connectivity index (χ0) is 22.1. The van der Waals surface area contributed by atoms with Gasteiger partial charge in [0.2, 0.25) is 0 Å². The van der Waals surface area contributed by atoms with Crippen molar-refractivity contribution in [1.29, 1.82) is 0 Å². The molecule has 0 saturated carbocycles. The van der Waals surface area contributed by atoms with Gasteiger partial charge in [-0.15, -0.1) is 0 Å². The molecule has 1 aliphatic rings. The SMILES string of the molecule is COc1cc(CNC(=O)C2CN(Cc3ccccc3)CCO2)ccc1OCCC(C)C. The lowest BCUT2D eigenvalue weighted by Crippen LogP contribution is -2.49. The number of hydrogen-bond donors (Lipinski definition) is 1. The molecule has 6 nitrogen and oxygen atoms in total. The van der Waals surface area contributed by atoms with Crippen molar-refractivity contribution in [1.82, 2.24) is 10.2 Å². The summed E-state index contributed by atoms with van der Waals surface area (Å²) in [4.78, 5) is 14.9. The van der Waals surface area contributed by atoms with E-state index in [1.165, 1.54) is 5.56 Å². The number of rotatable bonds is 10. The van der Waals surface area contributed by atoms with Gasteiger partial charge < -0.3 is 19.5 Å². The van der Waals surface area contributed by atoms with E-state index in [1.54, 1.807) is 7.11 Å². The molecule has 168 valence electrons. The highest BCUT2D eigenvalue weighted by Gasteiger charge is 2.26. The quantitative estimate of drug-likeness (QED) is 0.629. The number of morpholine rings is 1. The van der Waals surface area contributed by atoms with Crippen LogP contribution in [0.2, 0.25) is 0 Å². The van der Waals surface area contributed by atoms with Crippen LogP contribution in [0.5, 0.6) is 11.5 Å². The summed E-state index contributed by atoms with van der Waals surface area (Å²) in [6, 6.07) is 16.1. The third-order valence-electron chi connectivity index (χ3n) is 5.34. The van der Waals surface area contributed by atoms with Gasteiger partial charge in [0.1, 0.15) is 6.10 Å². The Bertz CT molecular complexity index is 826. The van der Waals surface area contributed by atoms with Crippen molar-refractivity contribution in [2.24, 2.45) is 5.92 Å². The topological polar surface area (TPSA) is 60.0 Å². The molecule has 1 saturated heterocycles. The second kappa shape index (κ2) is 11.7. The summed E-state index contributed by atoms with van der Waals surface area (Å²) in [5, 5.41) is 2.99. The van der Waals surface area contributed by atoms with Crippen LogP contribution >= 0.6 is 0 Å². The van der Waals surface area contributed by atoms with E-state index in [1.807, 2.05) is 36.4 Å². The molecular weight excluding hydrogens is 392 g/mol. The molecule has 1 heterocycles. The number of nitrogens with one attached hydrogen (secondary N) is 1. The highest BCUT2D eigenvalue weighted by Crippen LogP contribution is 2.28. The van der Waals surface area contributed by atoms with E-state index >= 15 is 0 Å². The number of nitrogens with zero attached hydrogens (tertiary/aromatic N) is 1. The summed E-state index contributed by atoms with van der Waals surface area (Å²) in [6.45, 7) is 8.21. The van der Waals surface area contributed by atoms with Gasteiger partial charge in [-0.2, -0.15) is 0 Å². The van der Waals surface area contributed by atoms with Gasteiger partial charge in [-0.3, -0.25) is 9.69 Å². The first kappa shape index (κ1) is 23.1. The van der Waals surface area contributed by atoms with Crippen LogP contribution in [0.4, 0.5) is 0 Å². The standard InChI is InChI=1S/C25H34N2O4/c1-19(2)11-13-30-22-10-9-21(15-23(22)29-3)16-26-25(28)24-18-27(12-14-31-24)17-20-7-5-4-6-8-20/h4-10,15,19,24H,11-14,16-18H2,1-3H3,(H,26,28). The van der Waals surface area contributed by atoms with Gasteiger partial charge in [-0.1, -0.05) is 50.2 Å². The van der Waals surface area contributed by atoms with Crippen molar-refractivity contribution in [2.75, 3.05) is 33.4 Å². The van der Waals surface area contributed by atoms with Gasteiger partial charge in [-0.25, -0.2) is 0 Å². The van der Waals surface area contributed by atoms with Gasteiger partial charge >= 0.3 is 0 Å². The second-order valence-corrected chi connectivity index (χ2v) is 8.31. The molecule has 1 unspecified atom stereocenters. The van der Waals surface area contributed by atoms with Crippen LogP contribution < -0.4 is 14.8 Å². The summed E-state index contributed by atoms with van der Waals surface area (Å²) in [7, 11) is 1.63. The Morgan fingerprint density at radius 2 is 1.97 bits per heavy atom. The number of carbonyl (C=O) groups excluding carboxylic acids is 1. The second-order valence-electron chi connectivity index (χ2n) is 8.31. The van der Waals surface area contributed by atoms with E-state index in [2.05, 4.69) is 36.2 Å². The fourth-order valence-electron chi connectivity index (χ4n) is 3.50. The number of benzene rings is 2. The smallest absolute Gasteiger partial charge is 0.250 e. The highest BCUT2D eigenvalue weighted by atomic mass is 16.5. The van der Waals surface area contributed by atoms with Crippen molar-refractivity contribution in [3.05, 3.63) is 59.7 Å². The maximum absolute atomic E-state index is 12.7. The van der Waals surface area contributed by atoms with Crippen molar-refractivity contribution < 1.29 is 19.0 Å². The summed E-state index contributed by atoms with van der Waals surface area (Å²) in [5.41, 5.74) is 2.20. The Hall–Kier alpha value is -2.57. The zero-order valence-corrected chi connectivity index (χ0v) is 18.8. The van der Waals surface area contributed by atoms with Crippen LogP contribution in [-0.4, -0.2) is 50.3 Å².